The molecular formula is C18H23NO3S. The normalized spacial score (nSPS) is 12.2. The van der Waals surface area contributed by atoms with E-state index in [-0.39, 0.29) is 16.9 Å². The Bertz CT molecular complexity index is 760. The van der Waals surface area contributed by atoms with Crippen molar-refractivity contribution in [3.05, 3.63) is 59.7 Å². The Hall–Kier alpha value is -1.85. The summed E-state index contributed by atoms with van der Waals surface area (Å²) < 4.78 is 32.7. The number of rotatable bonds is 5. The SMILES string of the molecule is COc1ccccc1CNS(=O)(=O)c1ccc(C(C)(C)C)cc1. The molecule has 0 saturated carbocycles. The summed E-state index contributed by atoms with van der Waals surface area (Å²) in [6.45, 7) is 6.47. The van der Waals surface area contributed by atoms with Crippen LogP contribution in [0.1, 0.15) is 31.9 Å². The second-order valence-corrected chi connectivity index (χ2v) is 8.18. The van der Waals surface area contributed by atoms with Gasteiger partial charge in [-0.3, -0.25) is 0 Å². The fourth-order valence-corrected chi connectivity index (χ4v) is 3.25. The van der Waals surface area contributed by atoms with Crippen LogP contribution in [0, 0.1) is 0 Å². The van der Waals surface area contributed by atoms with Crippen molar-refractivity contribution >= 4 is 10.0 Å². The lowest BCUT2D eigenvalue weighted by Crippen LogP contribution is -2.23. The maximum atomic E-state index is 12.4. The molecule has 0 aliphatic heterocycles. The molecular weight excluding hydrogens is 310 g/mol. The number of hydrogen-bond donors (Lipinski definition) is 1. The molecule has 2 aromatic carbocycles. The van der Waals surface area contributed by atoms with E-state index in [9.17, 15) is 8.42 Å². The zero-order valence-corrected chi connectivity index (χ0v) is 14.8. The summed E-state index contributed by atoms with van der Waals surface area (Å²) in [5.74, 6) is 0.665. The van der Waals surface area contributed by atoms with E-state index in [2.05, 4.69) is 25.5 Å². The van der Waals surface area contributed by atoms with Gasteiger partial charge in [-0.25, -0.2) is 13.1 Å². The van der Waals surface area contributed by atoms with Crippen molar-refractivity contribution in [1.29, 1.82) is 0 Å². The summed E-state index contributed by atoms with van der Waals surface area (Å²) in [6.07, 6.45) is 0. The summed E-state index contributed by atoms with van der Waals surface area (Å²) in [4.78, 5) is 0.264. The molecule has 4 nitrogen and oxygen atoms in total. The first-order valence-electron chi connectivity index (χ1n) is 7.46. The molecule has 5 heteroatoms. The Morgan fingerprint density at radius 2 is 1.61 bits per heavy atom. The molecule has 0 aliphatic carbocycles. The molecule has 0 amide bonds. The fourth-order valence-electron chi connectivity index (χ4n) is 2.24. The lowest BCUT2D eigenvalue weighted by atomic mass is 9.87. The Kier molecular flexibility index (Phi) is 5.12. The maximum absolute atomic E-state index is 12.4. The van der Waals surface area contributed by atoms with E-state index in [0.29, 0.717) is 5.75 Å². The Labute approximate surface area is 138 Å². The average molecular weight is 333 g/mol. The highest BCUT2D eigenvalue weighted by Crippen LogP contribution is 2.23. The smallest absolute Gasteiger partial charge is 0.240 e. The Balaban J connectivity index is 2.16. The van der Waals surface area contributed by atoms with E-state index in [4.69, 9.17) is 4.74 Å². The van der Waals surface area contributed by atoms with Gasteiger partial charge in [-0.1, -0.05) is 51.1 Å². The molecule has 0 aliphatic rings. The highest BCUT2D eigenvalue weighted by atomic mass is 32.2. The van der Waals surface area contributed by atoms with Crippen molar-refractivity contribution < 1.29 is 13.2 Å². The molecule has 0 fully saturated rings. The second kappa shape index (κ2) is 6.72. The monoisotopic (exact) mass is 333 g/mol. The largest absolute Gasteiger partial charge is 0.496 e. The molecule has 0 bridgehead atoms. The van der Waals surface area contributed by atoms with Crippen LogP contribution in [0.2, 0.25) is 0 Å². The third-order valence-electron chi connectivity index (χ3n) is 3.68. The van der Waals surface area contributed by atoms with Gasteiger partial charge in [0.1, 0.15) is 5.75 Å². The molecule has 2 rings (SSSR count). The van der Waals surface area contributed by atoms with Crippen molar-refractivity contribution in [2.75, 3.05) is 7.11 Å². The highest BCUT2D eigenvalue weighted by Gasteiger charge is 2.17. The van der Waals surface area contributed by atoms with Gasteiger partial charge >= 0.3 is 0 Å². The molecule has 0 aromatic heterocycles. The number of methoxy groups -OCH3 is 1. The molecule has 0 unspecified atom stereocenters. The third-order valence-corrected chi connectivity index (χ3v) is 5.09. The van der Waals surface area contributed by atoms with Gasteiger partial charge in [0, 0.05) is 12.1 Å². The van der Waals surface area contributed by atoms with Gasteiger partial charge in [-0.2, -0.15) is 0 Å². The minimum atomic E-state index is -3.55. The molecule has 2 aromatic rings. The van der Waals surface area contributed by atoms with Gasteiger partial charge in [0.2, 0.25) is 10.0 Å². The molecule has 23 heavy (non-hydrogen) atoms. The molecule has 0 saturated heterocycles. The lowest BCUT2D eigenvalue weighted by Gasteiger charge is -2.19. The number of hydrogen-bond acceptors (Lipinski definition) is 3. The topological polar surface area (TPSA) is 55.4 Å². The second-order valence-electron chi connectivity index (χ2n) is 6.41. The van der Waals surface area contributed by atoms with Crippen molar-refractivity contribution in [2.24, 2.45) is 0 Å². The van der Waals surface area contributed by atoms with Crippen LogP contribution in [0.4, 0.5) is 0 Å². The highest BCUT2D eigenvalue weighted by molar-refractivity contribution is 7.89. The first-order chi connectivity index (χ1) is 10.7. The van der Waals surface area contributed by atoms with E-state index in [0.717, 1.165) is 11.1 Å². The summed E-state index contributed by atoms with van der Waals surface area (Å²) in [7, 11) is -1.98. The van der Waals surface area contributed by atoms with Gasteiger partial charge in [-0.05, 0) is 29.2 Å². The summed E-state index contributed by atoms with van der Waals surface area (Å²) in [5.41, 5.74) is 1.89. The van der Waals surface area contributed by atoms with Crippen molar-refractivity contribution in [2.45, 2.75) is 37.6 Å². The first kappa shape index (κ1) is 17.5. The summed E-state index contributed by atoms with van der Waals surface area (Å²) >= 11 is 0. The summed E-state index contributed by atoms with van der Waals surface area (Å²) in [6, 6.07) is 14.4. The Morgan fingerprint density at radius 1 is 1.00 bits per heavy atom. The van der Waals surface area contributed by atoms with Crippen LogP contribution in [-0.2, 0) is 22.0 Å². The van der Waals surface area contributed by atoms with Crippen molar-refractivity contribution in [1.82, 2.24) is 4.72 Å². The van der Waals surface area contributed by atoms with Crippen LogP contribution in [0.25, 0.3) is 0 Å². The van der Waals surface area contributed by atoms with E-state index in [1.807, 2.05) is 36.4 Å². The predicted octanol–water partition coefficient (Wildman–Crippen LogP) is 3.47. The number of nitrogens with one attached hydrogen (secondary N) is 1. The standard InChI is InChI=1S/C18H23NO3S/c1-18(2,3)15-9-11-16(12-10-15)23(20,21)19-13-14-7-5-6-8-17(14)22-4/h5-12,19H,13H2,1-4H3. The van der Waals surface area contributed by atoms with Crippen molar-refractivity contribution in [3.8, 4) is 5.75 Å². The number of ether oxygens (including phenoxy) is 1. The van der Waals surface area contributed by atoms with Crippen LogP contribution >= 0.6 is 0 Å². The van der Waals surface area contributed by atoms with Gasteiger partial charge < -0.3 is 4.74 Å². The van der Waals surface area contributed by atoms with E-state index < -0.39 is 10.0 Å². The van der Waals surface area contributed by atoms with Gasteiger partial charge in [-0.15, -0.1) is 0 Å². The maximum Gasteiger partial charge on any atom is 0.240 e. The van der Waals surface area contributed by atoms with Gasteiger partial charge in [0.05, 0.1) is 12.0 Å². The quantitative estimate of drug-likeness (QED) is 0.911. The minimum Gasteiger partial charge on any atom is -0.496 e. The summed E-state index contributed by atoms with van der Waals surface area (Å²) in [5, 5.41) is 0. The molecule has 0 atom stereocenters. The average Bonchev–Trinajstić information content (AvgIpc) is 2.52. The third kappa shape index (κ3) is 4.33. The number of para-hydroxylation sites is 1. The molecule has 0 spiro atoms. The van der Waals surface area contributed by atoms with Crippen LogP contribution in [0.3, 0.4) is 0 Å². The molecule has 0 radical (unpaired) electrons. The van der Waals surface area contributed by atoms with E-state index >= 15 is 0 Å². The first-order valence-corrected chi connectivity index (χ1v) is 8.94. The van der Waals surface area contributed by atoms with Gasteiger partial charge in [0.25, 0.3) is 0 Å². The number of benzene rings is 2. The van der Waals surface area contributed by atoms with Crippen molar-refractivity contribution in [3.63, 3.8) is 0 Å². The zero-order valence-electron chi connectivity index (χ0n) is 14.0. The molecule has 124 valence electrons. The molecule has 0 heterocycles. The predicted molar refractivity (Wildman–Crippen MR) is 92.2 cm³/mol. The fraction of sp³-hybridized carbons (Fsp3) is 0.333. The van der Waals surface area contributed by atoms with Gasteiger partial charge in [0.15, 0.2) is 0 Å². The Morgan fingerprint density at radius 3 is 2.17 bits per heavy atom. The van der Waals surface area contributed by atoms with Crippen LogP contribution < -0.4 is 9.46 Å². The van der Waals surface area contributed by atoms with Crippen LogP contribution in [0.5, 0.6) is 5.75 Å². The van der Waals surface area contributed by atoms with Crippen LogP contribution in [0.15, 0.2) is 53.4 Å². The van der Waals surface area contributed by atoms with E-state index in [1.165, 1.54) is 0 Å². The zero-order chi connectivity index (χ0) is 17.1. The minimum absolute atomic E-state index is 0.00682. The number of sulfonamides is 1. The lowest BCUT2D eigenvalue weighted by molar-refractivity contribution is 0.409. The van der Waals surface area contributed by atoms with Crippen LogP contribution in [-0.4, -0.2) is 15.5 Å². The van der Waals surface area contributed by atoms with E-state index in [1.54, 1.807) is 19.2 Å². The molecule has 1 N–H and O–H groups in total.